The summed E-state index contributed by atoms with van der Waals surface area (Å²) in [7, 11) is 0. The molecule has 7 nitrogen and oxygen atoms in total. The molecule has 0 aliphatic heterocycles. The molecule has 4 aromatic rings. The zero-order valence-electron chi connectivity index (χ0n) is 20.2. The molecule has 4 rings (SSSR count). The summed E-state index contributed by atoms with van der Waals surface area (Å²) in [6, 6.07) is 21.9. The van der Waals surface area contributed by atoms with E-state index in [1.165, 1.54) is 10.9 Å². The number of aromatic nitrogens is 2. The number of carbonyl (C=O) groups excluding carboxylic acids is 1. The maximum Gasteiger partial charge on any atom is 0.299 e. The lowest BCUT2D eigenvalue weighted by Gasteiger charge is -2.16. The third-order valence-electron chi connectivity index (χ3n) is 5.55. The molecule has 0 aliphatic rings. The van der Waals surface area contributed by atoms with Crippen LogP contribution >= 0.6 is 0 Å². The van der Waals surface area contributed by atoms with Crippen LogP contribution in [0.5, 0.6) is 11.5 Å². The summed E-state index contributed by atoms with van der Waals surface area (Å²) >= 11 is 0. The summed E-state index contributed by atoms with van der Waals surface area (Å²) in [6.45, 7) is 7.79. The summed E-state index contributed by atoms with van der Waals surface area (Å²) in [5.74, 6) is 0.797. The topological polar surface area (TPSA) is 85.2 Å². The smallest absolute Gasteiger partial charge is 0.299 e. The van der Waals surface area contributed by atoms with Crippen molar-refractivity contribution < 1.29 is 9.53 Å². The van der Waals surface area contributed by atoms with Crippen LogP contribution in [0, 0.1) is 13.8 Å². The third-order valence-corrected chi connectivity index (χ3v) is 5.55. The SMILES string of the molecule is Cc1cccc(Oc2cnn(-c3ccccc3)c(=O)c2Nc2ccc(C(=O)NC(C)C)cc2)c1C. The van der Waals surface area contributed by atoms with Gasteiger partial charge in [-0.15, -0.1) is 0 Å². The minimum atomic E-state index is -0.361. The zero-order chi connectivity index (χ0) is 24.9. The van der Waals surface area contributed by atoms with E-state index in [1.807, 2.05) is 76.2 Å². The van der Waals surface area contributed by atoms with Crippen molar-refractivity contribution in [2.75, 3.05) is 5.32 Å². The highest BCUT2D eigenvalue weighted by Gasteiger charge is 2.17. The number of ether oxygens (including phenoxy) is 1. The lowest BCUT2D eigenvalue weighted by atomic mass is 10.1. The molecule has 0 radical (unpaired) electrons. The number of anilines is 2. The van der Waals surface area contributed by atoms with Gasteiger partial charge >= 0.3 is 0 Å². The molecular weight excluding hydrogens is 440 g/mol. The highest BCUT2D eigenvalue weighted by Crippen LogP contribution is 2.31. The summed E-state index contributed by atoms with van der Waals surface area (Å²) in [6.07, 6.45) is 1.53. The van der Waals surface area contributed by atoms with Crippen LogP contribution in [0.25, 0.3) is 5.69 Å². The van der Waals surface area contributed by atoms with Gasteiger partial charge in [-0.25, -0.2) is 0 Å². The Bertz CT molecular complexity index is 1390. The molecule has 2 N–H and O–H groups in total. The van der Waals surface area contributed by atoms with Crippen molar-refractivity contribution in [3.8, 4) is 17.2 Å². The van der Waals surface area contributed by atoms with Gasteiger partial charge in [-0.2, -0.15) is 9.78 Å². The quantitative estimate of drug-likeness (QED) is 0.373. The normalized spacial score (nSPS) is 10.8. The summed E-state index contributed by atoms with van der Waals surface area (Å²) in [4.78, 5) is 25.8. The first kappa shape index (κ1) is 23.8. The van der Waals surface area contributed by atoms with Gasteiger partial charge in [0.25, 0.3) is 11.5 Å². The van der Waals surface area contributed by atoms with Crippen molar-refractivity contribution in [2.24, 2.45) is 0 Å². The molecule has 0 unspecified atom stereocenters. The first-order valence-corrected chi connectivity index (χ1v) is 11.4. The third kappa shape index (κ3) is 5.41. The van der Waals surface area contributed by atoms with Crippen LogP contribution in [0.1, 0.15) is 35.3 Å². The molecule has 0 atom stereocenters. The fourth-order valence-corrected chi connectivity index (χ4v) is 3.53. The van der Waals surface area contributed by atoms with Gasteiger partial charge in [0.15, 0.2) is 11.4 Å². The molecule has 1 amide bonds. The number of carbonyl (C=O) groups is 1. The van der Waals surface area contributed by atoms with Crippen LogP contribution < -0.4 is 20.9 Å². The standard InChI is InChI=1S/C28H28N4O3/c1-18(2)30-27(33)21-13-15-22(16-14-21)31-26-25(35-24-12-8-9-19(3)20(24)4)17-29-32(28(26)34)23-10-6-5-7-11-23/h5-18,31H,1-4H3,(H,30,33). The molecular formula is C28H28N4O3. The molecule has 3 aromatic carbocycles. The van der Waals surface area contributed by atoms with Gasteiger partial charge < -0.3 is 15.4 Å². The Labute approximate surface area is 204 Å². The highest BCUT2D eigenvalue weighted by molar-refractivity contribution is 5.94. The second kappa shape index (κ2) is 10.3. The number of hydrogen-bond acceptors (Lipinski definition) is 5. The summed E-state index contributed by atoms with van der Waals surface area (Å²) in [5.41, 5.74) is 3.75. The van der Waals surface area contributed by atoms with Crippen LogP contribution in [0.15, 0.2) is 83.8 Å². The molecule has 0 saturated carbocycles. The van der Waals surface area contributed by atoms with Gasteiger partial charge in [-0.3, -0.25) is 9.59 Å². The Morgan fingerprint density at radius 1 is 0.914 bits per heavy atom. The van der Waals surface area contributed by atoms with Crippen LogP contribution in [0.4, 0.5) is 11.4 Å². The van der Waals surface area contributed by atoms with Crippen molar-refractivity contribution in [1.29, 1.82) is 0 Å². The van der Waals surface area contributed by atoms with Crippen molar-refractivity contribution in [1.82, 2.24) is 15.1 Å². The number of amides is 1. The Morgan fingerprint density at radius 2 is 1.63 bits per heavy atom. The van der Waals surface area contributed by atoms with E-state index in [-0.39, 0.29) is 23.2 Å². The number of aryl methyl sites for hydroxylation is 1. The van der Waals surface area contributed by atoms with Crippen LogP contribution in [0.2, 0.25) is 0 Å². The van der Waals surface area contributed by atoms with E-state index in [1.54, 1.807) is 24.3 Å². The number of nitrogens with one attached hydrogen (secondary N) is 2. The van der Waals surface area contributed by atoms with Gasteiger partial charge in [0.05, 0.1) is 11.9 Å². The maximum absolute atomic E-state index is 13.5. The number of para-hydroxylation sites is 1. The van der Waals surface area contributed by atoms with Gasteiger partial charge in [0, 0.05) is 17.3 Å². The first-order valence-electron chi connectivity index (χ1n) is 11.4. The van der Waals surface area contributed by atoms with Gasteiger partial charge in [0.1, 0.15) is 5.75 Å². The van der Waals surface area contributed by atoms with E-state index in [4.69, 9.17) is 4.74 Å². The average molecular weight is 469 g/mol. The van der Waals surface area contributed by atoms with E-state index in [2.05, 4.69) is 15.7 Å². The second-order valence-electron chi connectivity index (χ2n) is 8.57. The Hall–Kier alpha value is -4.39. The lowest BCUT2D eigenvalue weighted by Crippen LogP contribution is -2.30. The van der Waals surface area contributed by atoms with Crippen LogP contribution in [-0.2, 0) is 0 Å². The Morgan fingerprint density at radius 3 is 2.31 bits per heavy atom. The first-order chi connectivity index (χ1) is 16.8. The molecule has 1 heterocycles. The molecule has 0 saturated heterocycles. The Balaban J connectivity index is 1.73. The molecule has 0 spiro atoms. The van der Waals surface area contributed by atoms with Crippen molar-refractivity contribution in [3.05, 3.63) is 106 Å². The summed E-state index contributed by atoms with van der Waals surface area (Å²) in [5, 5.41) is 10.4. The molecule has 0 aliphatic carbocycles. The molecule has 0 bridgehead atoms. The van der Waals surface area contributed by atoms with E-state index in [0.717, 1.165) is 11.1 Å². The van der Waals surface area contributed by atoms with E-state index < -0.39 is 0 Å². The molecule has 0 fully saturated rings. The van der Waals surface area contributed by atoms with Gasteiger partial charge in [-0.1, -0.05) is 30.3 Å². The minimum Gasteiger partial charge on any atom is -0.453 e. The van der Waals surface area contributed by atoms with E-state index >= 15 is 0 Å². The Kier molecular flexibility index (Phi) is 6.96. The zero-order valence-corrected chi connectivity index (χ0v) is 20.2. The predicted molar refractivity (Wildman–Crippen MR) is 138 cm³/mol. The van der Waals surface area contributed by atoms with Crippen LogP contribution in [0.3, 0.4) is 0 Å². The average Bonchev–Trinajstić information content (AvgIpc) is 2.84. The largest absolute Gasteiger partial charge is 0.453 e. The number of hydrogen-bond donors (Lipinski definition) is 2. The number of benzene rings is 3. The summed E-state index contributed by atoms with van der Waals surface area (Å²) < 4.78 is 7.49. The van der Waals surface area contributed by atoms with E-state index in [9.17, 15) is 9.59 Å². The number of nitrogens with zero attached hydrogens (tertiary/aromatic N) is 2. The predicted octanol–water partition coefficient (Wildman–Crippen LogP) is 5.52. The fourth-order valence-electron chi connectivity index (χ4n) is 3.53. The van der Waals surface area contributed by atoms with Crippen molar-refractivity contribution in [2.45, 2.75) is 33.7 Å². The van der Waals surface area contributed by atoms with Crippen molar-refractivity contribution >= 4 is 17.3 Å². The highest BCUT2D eigenvalue weighted by atomic mass is 16.5. The van der Waals surface area contributed by atoms with Gasteiger partial charge in [-0.05, 0) is 81.3 Å². The monoisotopic (exact) mass is 468 g/mol. The number of rotatable bonds is 7. The fraction of sp³-hybridized carbons (Fsp3) is 0.179. The molecule has 1 aromatic heterocycles. The second-order valence-corrected chi connectivity index (χ2v) is 8.57. The van der Waals surface area contributed by atoms with E-state index in [0.29, 0.717) is 28.4 Å². The molecule has 35 heavy (non-hydrogen) atoms. The molecule has 178 valence electrons. The molecule has 7 heteroatoms. The minimum absolute atomic E-state index is 0.0401. The maximum atomic E-state index is 13.5. The van der Waals surface area contributed by atoms with Crippen molar-refractivity contribution in [3.63, 3.8) is 0 Å². The lowest BCUT2D eigenvalue weighted by molar-refractivity contribution is 0.0943. The van der Waals surface area contributed by atoms with Gasteiger partial charge in [0.2, 0.25) is 0 Å². The van der Waals surface area contributed by atoms with Crippen LogP contribution in [-0.4, -0.2) is 21.7 Å².